The second-order valence-electron chi connectivity index (χ2n) is 1.63. The van der Waals surface area contributed by atoms with Gasteiger partial charge in [0.1, 0.15) is 0 Å². The first-order chi connectivity index (χ1) is 3.29. The second-order valence-corrected chi connectivity index (χ2v) is 1.63. The SMILES string of the molecule is Bc1ccn(C)n1. The van der Waals surface area contributed by atoms with Crippen LogP contribution in [0.15, 0.2) is 12.3 Å². The van der Waals surface area contributed by atoms with E-state index >= 15 is 0 Å². The molecule has 1 rings (SSSR count). The van der Waals surface area contributed by atoms with Crippen molar-refractivity contribution in [1.82, 2.24) is 9.78 Å². The van der Waals surface area contributed by atoms with Crippen LogP contribution >= 0.6 is 0 Å². The van der Waals surface area contributed by atoms with Crippen LogP contribution in [0.2, 0.25) is 0 Å². The van der Waals surface area contributed by atoms with Crippen molar-refractivity contribution in [2.24, 2.45) is 7.05 Å². The third-order valence-electron chi connectivity index (χ3n) is 0.847. The summed E-state index contributed by atoms with van der Waals surface area (Å²) >= 11 is 0. The molecule has 0 aromatic carbocycles. The highest BCUT2D eigenvalue weighted by molar-refractivity contribution is 6.30. The van der Waals surface area contributed by atoms with Crippen LogP contribution in [0, 0.1) is 0 Å². The molecule has 0 fully saturated rings. The topological polar surface area (TPSA) is 17.8 Å². The van der Waals surface area contributed by atoms with Crippen LogP contribution in [-0.4, -0.2) is 17.6 Å². The Kier molecular flexibility index (Phi) is 0.892. The maximum Gasteiger partial charge on any atom is 0.166 e. The summed E-state index contributed by atoms with van der Waals surface area (Å²) in [7, 11) is 3.88. The van der Waals surface area contributed by atoms with Gasteiger partial charge >= 0.3 is 0 Å². The van der Waals surface area contributed by atoms with Gasteiger partial charge in [-0.15, -0.1) is 0 Å². The van der Waals surface area contributed by atoms with Crippen LogP contribution in [0.3, 0.4) is 0 Å². The van der Waals surface area contributed by atoms with E-state index in [1.54, 1.807) is 4.68 Å². The quantitative estimate of drug-likeness (QED) is 0.364. The lowest BCUT2D eigenvalue weighted by atomic mass is 10.1. The summed E-state index contributed by atoms with van der Waals surface area (Å²) in [6.45, 7) is 0. The Morgan fingerprint density at radius 1 is 1.86 bits per heavy atom. The summed E-state index contributed by atoms with van der Waals surface area (Å²) < 4.78 is 1.79. The van der Waals surface area contributed by atoms with Crippen LogP contribution in [0.4, 0.5) is 0 Å². The van der Waals surface area contributed by atoms with E-state index < -0.39 is 0 Å². The molecular weight excluding hydrogens is 86.9 g/mol. The van der Waals surface area contributed by atoms with Crippen molar-refractivity contribution in [3.63, 3.8) is 0 Å². The van der Waals surface area contributed by atoms with Gasteiger partial charge in [0, 0.05) is 18.8 Å². The standard InChI is InChI=1S/C4H7BN2/c1-7-3-2-4(5)6-7/h2-3H,5H2,1H3. The molecule has 1 heterocycles. The van der Waals surface area contributed by atoms with Gasteiger partial charge in [-0.1, -0.05) is 0 Å². The molecule has 0 aliphatic carbocycles. The molecular formula is C4H7BN2. The Hall–Kier alpha value is -0.725. The lowest BCUT2D eigenvalue weighted by Gasteiger charge is -1.80. The molecule has 1 aromatic heterocycles. The first-order valence-corrected chi connectivity index (χ1v) is 2.25. The minimum absolute atomic E-state index is 1.07. The molecule has 0 saturated heterocycles. The Morgan fingerprint density at radius 2 is 2.57 bits per heavy atom. The molecule has 1 aromatic rings. The van der Waals surface area contributed by atoms with E-state index in [-0.39, 0.29) is 0 Å². The zero-order valence-corrected chi connectivity index (χ0v) is 4.55. The normalized spacial score (nSPS) is 9.29. The summed E-state index contributed by atoms with van der Waals surface area (Å²) in [6.07, 6.45) is 1.93. The first-order valence-electron chi connectivity index (χ1n) is 2.25. The van der Waals surface area contributed by atoms with E-state index in [1.165, 1.54) is 0 Å². The first kappa shape index (κ1) is 4.43. The Balaban J connectivity index is 3.04. The van der Waals surface area contributed by atoms with Crippen molar-refractivity contribution in [3.8, 4) is 0 Å². The van der Waals surface area contributed by atoms with Gasteiger partial charge in [0.25, 0.3) is 0 Å². The van der Waals surface area contributed by atoms with Crippen LogP contribution < -0.4 is 5.59 Å². The van der Waals surface area contributed by atoms with Crippen molar-refractivity contribution in [1.29, 1.82) is 0 Å². The number of rotatable bonds is 0. The van der Waals surface area contributed by atoms with Crippen molar-refractivity contribution in [2.75, 3.05) is 0 Å². The van der Waals surface area contributed by atoms with E-state index in [9.17, 15) is 0 Å². The molecule has 3 heteroatoms. The van der Waals surface area contributed by atoms with E-state index in [4.69, 9.17) is 0 Å². The van der Waals surface area contributed by atoms with Gasteiger partial charge in [0.2, 0.25) is 0 Å². The lowest BCUT2D eigenvalue weighted by Crippen LogP contribution is -2.04. The number of aryl methyl sites for hydroxylation is 1. The minimum atomic E-state index is 1.07. The molecule has 0 N–H and O–H groups in total. The number of hydrogen-bond donors (Lipinski definition) is 0. The van der Waals surface area contributed by atoms with Crippen LogP contribution in [-0.2, 0) is 7.05 Å². The molecule has 36 valence electrons. The van der Waals surface area contributed by atoms with Gasteiger partial charge in [0.15, 0.2) is 7.85 Å². The molecule has 0 bridgehead atoms. The van der Waals surface area contributed by atoms with Gasteiger partial charge in [0.05, 0.1) is 0 Å². The fraction of sp³-hybridized carbons (Fsp3) is 0.250. The molecule has 0 aliphatic rings. The largest absolute Gasteiger partial charge is 0.276 e. The average molecular weight is 93.9 g/mol. The molecule has 0 unspecified atom stereocenters. The smallest absolute Gasteiger partial charge is 0.166 e. The van der Waals surface area contributed by atoms with Crippen molar-refractivity contribution >= 4 is 13.4 Å². The summed E-state index contributed by atoms with van der Waals surface area (Å²) in [5.74, 6) is 0. The van der Waals surface area contributed by atoms with Gasteiger partial charge < -0.3 is 0 Å². The molecule has 0 aliphatic heterocycles. The summed E-state index contributed by atoms with van der Waals surface area (Å²) in [5.41, 5.74) is 1.07. The maximum absolute atomic E-state index is 4.03. The highest BCUT2D eigenvalue weighted by Crippen LogP contribution is 1.69. The van der Waals surface area contributed by atoms with Crippen LogP contribution in [0.5, 0.6) is 0 Å². The molecule has 0 saturated carbocycles. The van der Waals surface area contributed by atoms with Gasteiger partial charge in [-0.05, 0) is 6.07 Å². The maximum atomic E-state index is 4.03. The summed E-state index contributed by atoms with van der Waals surface area (Å²) in [4.78, 5) is 0. The van der Waals surface area contributed by atoms with Crippen LogP contribution in [0.25, 0.3) is 0 Å². The minimum Gasteiger partial charge on any atom is -0.276 e. The highest BCUT2D eigenvalue weighted by atomic mass is 15.2. The second kappa shape index (κ2) is 1.41. The third kappa shape index (κ3) is 0.826. The molecule has 7 heavy (non-hydrogen) atoms. The third-order valence-corrected chi connectivity index (χ3v) is 0.847. The van der Waals surface area contributed by atoms with E-state index in [0.29, 0.717) is 0 Å². The van der Waals surface area contributed by atoms with Crippen molar-refractivity contribution < 1.29 is 0 Å². The lowest BCUT2D eigenvalue weighted by molar-refractivity contribution is 0.776. The summed E-state index contributed by atoms with van der Waals surface area (Å²) in [6, 6.07) is 1.97. The predicted molar refractivity (Wildman–Crippen MR) is 31.4 cm³/mol. The number of hydrogen-bond acceptors (Lipinski definition) is 1. The van der Waals surface area contributed by atoms with E-state index in [2.05, 4.69) is 5.10 Å². The zero-order chi connectivity index (χ0) is 5.28. The van der Waals surface area contributed by atoms with Gasteiger partial charge in [-0.2, -0.15) is 5.10 Å². The molecule has 0 radical (unpaired) electrons. The van der Waals surface area contributed by atoms with E-state index in [0.717, 1.165) is 5.59 Å². The van der Waals surface area contributed by atoms with Crippen molar-refractivity contribution in [3.05, 3.63) is 12.3 Å². The van der Waals surface area contributed by atoms with Crippen molar-refractivity contribution in [2.45, 2.75) is 0 Å². The predicted octanol–water partition coefficient (Wildman–Crippen LogP) is -1.32. The zero-order valence-electron chi connectivity index (χ0n) is 4.55. The number of nitrogens with zero attached hydrogens (tertiary/aromatic N) is 2. The molecule has 0 atom stereocenters. The molecule has 0 amide bonds. The molecule has 2 nitrogen and oxygen atoms in total. The van der Waals surface area contributed by atoms with Gasteiger partial charge in [-0.25, -0.2) is 0 Å². The molecule has 0 spiro atoms. The monoisotopic (exact) mass is 94.1 g/mol. The van der Waals surface area contributed by atoms with Gasteiger partial charge in [-0.3, -0.25) is 4.68 Å². The highest BCUT2D eigenvalue weighted by Gasteiger charge is 1.82. The number of aromatic nitrogens is 2. The Bertz CT molecular complexity index is 142. The Labute approximate surface area is 43.6 Å². The average Bonchev–Trinajstić information content (AvgIpc) is 1.87. The Morgan fingerprint density at radius 3 is 2.71 bits per heavy atom. The summed E-state index contributed by atoms with van der Waals surface area (Å²) in [5, 5.41) is 4.03. The fourth-order valence-corrected chi connectivity index (χ4v) is 0.531. The fourth-order valence-electron chi connectivity index (χ4n) is 0.531. The van der Waals surface area contributed by atoms with E-state index in [1.807, 2.05) is 27.2 Å². The van der Waals surface area contributed by atoms with Crippen LogP contribution in [0.1, 0.15) is 0 Å².